The van der Waals surface area contributed by atoms with Gasteiger partial charge in [-0.25, -0.2) is 8.42 Å². The summed E-state index contributed by atoms with van der Waals surface area (Å²) in [5.41, 5.74) is 1.01. The lowest BCUT2D eigenvalue weighted by atomic mass is 10.1. The number of nitrogens with zero attached hydrogens (tertiary/aromatic N) is 1. The van der Waals surface area contributed by atoms with E-state index in [1.165, 1.54) is 4.31 Å². The molecule has 6 heteroatoms. The molecule has 2 atom stereocenters. The van der Waals surface area contributed by atoms with E-state index in [9.17, 15) is 13.2 Å². The topological polar surface area (TPSA) is 66.5 Å². The number of nitrogens with one attached hydrogen (secondary N) is 1. The molecule has 1 aliphatic rings. The molecule has 5 nitrogen and oxygen atoms in total. The van der Waals surface area contributed by atoms with Crippen molar-refractivity contribution in [3.05, 3.63) is 29.8 Å². The third kappa shape index (κ3) is 4.12. The second kappa shape index (κ2) is 7.45. The molecule has 1 aliphatic heterocycles. The largest absolute Gasteiger partial charge is 0.352 e. The van der Waals surface area contributed by atoms with E-state index < -0.39 is 16.1 Å². The van der Waals surface area contributed by atoms with Crippen molar-refractivity contribution in [2.24, 2.45) is 0 Å². The summed E-state index contributed by atoms with van der Waals surface area (Å²) in [4.78, 5) is 12.7. The quantitative estimate of drug-likeness (QED) is 0.866. The molecule has 0 bridgehead atoms. The molecular formula is C17H26N2O3S. The Labute approximate surface area is 139 Å². The first-order valence-electron chi connectivity index (χ1n) is 8.25. The number of hydrogen-bond donors (Lipinski definition) is 1. The van der Waals surface area contributed by atoms with Crippen molar-refractivity contribution in [1.82, 2.24) is 9.62 Å². The molecule has 23 heavy (non-hydrogen) atoms. The lowest BCUT2D eigenvalue weighted by Gasteiger charge is -2.25. The van der Waals surface area contributed by atoms with Crippen LogP contribution in [0.5, 0.6) is 0 Å². The minimum absolute atomic E-state index is 0.0667. The van der Waals surface area contributed by atoms with E-state index in [4.69, 9.17) is 0 Å². The molecule has 0 aromatic heterocycles. The molecule has 0 aliphatic carbocycles. The highest BCUT2D eigenvalue weighted by Gasteiger charge is 2.39. The summed E-state index contributed by atoms with van der Waals surface area (Å²) in [6.07, 6.45) is 3.17. The Morgan fingerprint density at radius 2 is 2.00 bits per heavy atom. The Kier molecular flexibility index (Phi) is 5.81. The fourth-order valence-electron chi connectivity index (χ4n) is 2.98. The Balaban J connectivity index is 2.17. The number of amides is 1. The standard InChI is InChI=1S/C17H26N2O3S/c1-4-6-14(3)18-17(20)16-7-5-12-19(16)23(21,22)15-10-8-13(2)9-11-15/h8-11,14,16H,4-7,12H2,1-3H3,(H,18,20)/t14-,16-/m0/s1. The fourth-order valence-corrected chi connectivity index (χ4v) is 4.64. The summed E-state index contributed by atoms with van der Waals surface area (Å²) in [5, 5.41) is 2.94. The van der Waals surface area contributed by atoms with Gasteiger partial charge in [-0.1, -0.05) is 31.0 Å². The Morgan fingerprint density at radius 1 is 1.35 bits per heavy atom. The fraction of sp³-hybridized carbons (Fsp3) is 0.588. The summed E-state index contributed by atoms with van der Waals surface area (Å²) in [7, 11) is -3.63. The number of aryl methyl sites for hydroxylation is 1. The SMILES string of the molecule is CCC[C@H](C)NC(=O)[C@@H]1CCCN1S(=O)(=O)c1ccc(C)cc1. The van der Waals surface area contributed by atoms with Crippen LogP contribution >= 0.6 is 0 Å². The monoisotopic (exact) mass is 338 g/mol. The summed E-state index contributed by atoms with van der Waals surface area (Å²) in [6.45, 7) is 6.33. The molecule has 1 fully saturated rings. The smallest absolute Gasteiger partial charge is 0.243 e. The van der Waals surface area contributed by atoms with Crippen LogP contribution in [0, 0.1) is 6.92 Å². The Hall–Kier alpha value is -1.40. The van der Waals surface area contributed by atoms with Crippen molar-refractivity contribution in [2.45, 2.75) is 63.4 Å². The van der Waals surface area contributed by atoms with Crippen LogP contribution in [0.2, 0.25) is 0 Å². The van der Waals surface area contributed by atoms with Gasteiger partial charge in [-0.05, 0) is 45.2 Å². The van der Waals surface area contributed by atoms with Gasteiger partial charge in [0.05, 0.1) is 4.90 Å². The maximum atomic E-state index is 12.8. The molecule has 0 saturated carbocycles. The molecule has 1 aromatic carbocycles. The second-order valence-electron chi connectivity index (χ2n) is 6.29. The van der Waals surface area contributed by atoms with Crippen LogP contribution in [-0.2, 0) is 14.8 Å². The summed E-state index contributed by atoms with van der Waals surface area (Å²) >= 11 is 0. The molecule has 1 saturated heterocycles. The summed E-state index contributed by atoms with van der Waals surface area (Å²) < 4.78 is 27.0. The molecular weight excluding hydrogens is 312 g/mol. The number of carbonyl (C=O) groups is 1. The van der Waals surface area contributed by atoms with E-state index >= 15 is 0 Å². The van der Waals surface area contributed by atoms with Gasteiger partial charge in [0, 0.05) is 12.6 Å². The van der Waals surface area contributed by atoms with Crippen LogP contribution in [0.15, 0.2) is 29.2 Å². The van der Waals surface area contributed by atoms with Crippen LogP contribution in [0.25, 0.3) is 0 Å². The van der Waals surface area contributed by atoms with E-state index in [1.807, 2.05) is 13.8 Å². The van der Waals surface area contributed by atoms with E-state index in [1.54, 1.807) is 24.3 Å². The molecule has 1 N–H and O–H groups in total. The predicted octanol–water partition coefficient (Wildman–Crippen LogP) is 2.45. The number of hydrogen-bond acceptors (Lipinski definition) is 3. The normalized spacial score (nSPS) is 20.4. The Morgan fingerprint density at radius 3 is 2.61 bits per heavy atom. The average molecular weight is 338 g/mol. The third-order valence-corrected chi connectivity index (χ3v) is 6.17. The summed E-state index contributed by atoms with van der Waals surface area (Å²) in [6, 6.07) is 6.25. The van der Waals surface area contributed by atoms with Gasteiger partial charge in [0.15, 0.2) is 0 Å². The average Bonchev–Trinajstić information content (AvgIpc) is 2.98. The molecule has 0 radical (unpaired) electrons. The van der Waals surface area contributed by atoms with Crippen molar-refractivity contribution in [3.63, 3.8) is 0 Å². The van der Waals surface area contributed by atoms with Crippen molar-refractivity contribution in [1.29, 1.82) is 0 Å². The molecule has 1 amide bonds. The minimum Gasteiger partial charge on any atom is -0.352 e. The van der Waals surface area contributed by atoms with Crippen molar-refractivity contribution < 1.29 is 13.2 Å². The van der Waals surface area contributed by atoms with E-state index in [2.05, 4.69) is 12.2 Å². The number of sulfonamides is 1. The third-order valence-electron chi connectivity index (χ3n) is 4.24. The molecule has 2 rings (SSSR count). The maximum absolute atomic E-state index is 12.8. The van der Waals surface area contributed by atoms with E-state index in [-0.39, 0.29) is 16.8 Å². The predicted molar refractivity (Wildman–Crippen MR) is 90.6 cm³/mol. The van der Waals surface area contributed by atoms with Crippen LogP contribution < -0.4 is 5.32 Å². The molecule has 1 aromatic rings. The zero-order valence-electron chi connectivity index (χ0n) is 14.1. The lowest BCUT2D eigenvalue weighted by molar-refractivity contribution is -0.124. The van der Waals surface area contributed by atoms with Gasteiger partial charge in [-0.3, -0.25) is 4.79 Å². The van der Waals surface area contributed by atoms with E-state index in [0.29, 0.717) is 19.4 Å². The lowest BCUT2D eigenvalue weighted by Crippen LogP contribution is -2.48. The van der Waals surface area contributed by atoms with Crippen molar-refractivity contribution >= 4 is 15.9 Å². The number of rotatable bonds is 6. The first-order chi connectivity index (χ1) is 10.9. The zero-order chi connectivity index (χ0) is 17.0. The van der Waals surface area contributed by atoms with Gasteiger partial charge in [-0.15, -0.1) is 0 Å². The van der Waals surface area contributed by atoms with Gasteiger partial charge < -0.3 is 5.32 Å². The number of carbonyl (C=O) groups excluding carboxylic acids is 1. The Bertz CT molecular complexity index is 640. The van der Waals surface area contributed by atoms with Crippen LogP contribution in [0.4, 0.5) is 0 Å². The first-order valence-corrected chi connectivity index (χ1v) is 9.69. The van der Waals surface area contributed by atoms with Crippen molar-refractivity contribution in [2.75, 3.05) is 6.54 Å². The molecule has 128 valence electrons. The molecule has 1 heterocycles. The highest BCUT2D eigenvalue weighted by molar-refractivity contribution is 7.89. The van der Waals surface area contributed by atoms with Gasteiger partial charge in [-0.2, -0.15) is 4.31 Å². The van der Waals surface area contributed by atoms with Crippen LogP contribution in [0.1, 0.15) is 45.1 Å². The van der Waals surface area contributed by atoms with Gasteiger partial charge in [0.1, 0.15) is 6.04 Å². The van der Waals surface area contributed by atoms with Crippen LogP contribution in [-0.4, -0.2) is 37.3 Å². The van der Waals surface area contributed by atoms with Gasteiger partial charge >= 0.3 is 0 Å². The van der Waals surface area contributed by atoms with Crippen LogP contribution in [0.3, 0.4) is 0 Å². The maximum Gasteiger partial charge on any atom is 0.243 e. The van der Waals surface area contributed by atoms with E-state index in [0.717, 1.165) is 18.4 Å². The van der Waals surface area contributed by atoms with Crippen molar-refractivity contribution in [3.8, 4) is 0 Å². The molecule has 0 spiro atoms. The number of benzene rings is 1. The summed E-state index contributed by atoms with van der Waals surface area (Å²) in [5.74, 6) is -0.181. The highest BCUT2D eigenvalue weighted by Crippen LogP contribution is 2.26. The second-order valence-corrected chi connectivity index (χ2v) is 8.18. The first kappa shape index (κ1) is 17.9. The van der Waals surface area contributed by atoms with Gasteiger partial charge in [0.2, 0.25) is 15.9 Å². The zero-order valence-corrected chi connectivity index (χ0v) is 14.9. The minimum atomic E-state index is -3.63. The molecule has 0 unspecified atom stereocenters. The van der Waals surface area contributed by atoms with Gasteiger partial charge in [0.25, 0.3) is 0 Å². The highest BCUT2D eigenvalue weighted by atomic mass is 32.2.